The Hall–Kier alpha value is -2.57. The average molecular weight is 667 g/mol. The quantitative estimate of drug-likeness (QED) is 0.311. The second-order valence-corrected chi connectivity index (χ2v) is 14.9. The Morgan fingerprint density at radius 1 is 1.02 bits per heavy atom. The molecule has 0 radical (unpaired) electrons. The highest BCUT2D eigenvalue weighted by Crippen LogP contribution is 2.35. The van der Waals surface area contributed by atoms with E-state index in [1.807, 2.05) is 0 Å². The molecule has 0 unspecified atom stereocenters. The summed E-state index contributed by atoms with van der Waals surface area (Å²) in [6.07, 6.45) is 6.35. The van der Waals surface area contributed by atoms with E-state index >= 15 is 0 Å². The lowest BCUT2D eigenvalue weighted by Crippen LogP contribution is -2.58. The molecule has 3 aliphatic rings. The van der Waals surface area contributed by atoms with Gasteiger partial charge in [-0.25, -0.2) is 22.2 Å². The summed E-state index contributed by atoms with van der Waals surface area (Å²) in [5, 5.41) is 3.34. The lowest BCUT2D eigenvalue weighted by molar-refractivity contribution is -0.938. The number of rotatable bonds is 7. The fourth-order valence-electron chi connectivity index (χ4n) is 6.82. The van der Waals surface area contributed by atoms with Gasteiger partial charge in [-0.1, -0.05) is 35.3 Å². The van der Waals surface area contributed by atoms with Crippen molar-refractivity contribution in [3.05, 3.63) is 74.9 Å². The Balaban J connectivity index is 1.28. The van der Waals surface area contributed by atoms with Gasteiger partial charge in [0.1, 0.15) is 22.3 Å². The summed E-state index contributed by atoms with van der Waals surface area (Å²) in [5.41, 5.74) is 1.63. The Morgan fingerprint density at radius 3 is 2.50 bits per heavy atom. The van der Waals surface area contributed by atoms with Crippen molar-refractivity contribution in [3.8, 4) is 0 Å². The van der Waals surface area contributed by atoms with Gasteiger partial charge in [0, 0.05) is 69.2 Å². The van der Waals surface area contributed by atoms with Gasteiger partial charge in [0.15, 0.2) is 0 Å². The van der Waals surface area contributed by atoms with Crippen LogP contribution in [0.1, 0.15) is 48.9 Å². The summed E-state index contributed by atoms with van der Waals surface area (Å²) in [6.45, 7) is 4.38. The molecule has 4 heterocycles. The minimum Gasteiger partial charge on any atom is -0.365 e. The Bertz CT molecular complexity index is 1650. The first-order valence-corrected chi connectivity index (χ1v) is 17.4. The van der Waals surface area contributed by atoms with E-state index < -0.39 is 21.7 Å². The number of piperidine rings is 2. The van der Waals surface area contributed by atoms with Gasteiger partial charge in [-0.2, -0.15) is 9.29 Å². The Morgan fingerprint density at radius 2 is 1.77 bits per heavy atom. The molecule has 2 saturated heterocycles. The third-order valence-electron chi connectivity index (χ3n) is 9.48. The van der Waals surface area contributed by atoms with Crippen LogP contribution >= 0.6 is 23.2 Å². The van der Waals surface area contributed by atoms with Crippen LogP contribution in [0.5, 0.6) is 0 Å². The molecule has 0 spiro atoms. The van der Waals surface area contributed by atoms with Crippen LogP contribution in [0.2, 0.25) is 10.0 Å². The number of anilines is 2. The van der Waals surface area contributed by atoms with Crippen molar-refractivity contribution in [2.24, 2.45) is 0 Å². The molecule has 0 atom stereocenters. The summed E-state index contributed by atoms with van der Waals surface area (Å²) in [7, 11) is -1.60. The lowest BCUT2D eigenvalue weighted by Gasteiger charge is -2.47. The van der Waals surface area contributed by atoms with E-state index in [9.17, 15) is 17.2 Å². The minimum absolute atomic E-state index is 0.00688. The monoisotopic (exact) mass is 665 g/mol. The fraction of sp³-hybridized carbons (Fsp3) is 0.484. The molecule has 0 bridgehead atoms. The number of halogens is 4. The molecule has 1 aromatic heterocycles. The van der Waals surface area contributed by atoms with Gasteiger partial charge in [0.2, 0.25) is 16.0 Å². The van der Waals surface area contributed by atoms with Gasteiger partial charge < -0.3 is 14.7 Å². The van der Waals surface area contributed by atoms with Crippen LogP contribution in [-0.4, -0.2) is 73.0 Å². The van der Waals surface area contributed by atoms with E-state index in [-0.39, 0.29) is 40.1 Å². The molecule has 3 aromatic rings. The number of hydrogen-bond acceptors (Lipinski definition) is 6. The second-order valence-electron chi connectivity index (χ2n) is 12.2. The van der Waals surface area contributed by atoms with E-state index in [4.69, 9.17) is 33.2 Å². The van der Waals surface area contributed by atoms with Gasteiger partial charge in [0.05, 0.1) is 41.9 Å². The highest BCUT2D eigenvalue weighted by atomic mass is 35.5. The normalized spacial score (nSPS) is 19.5. The van der Waals surface area contributed by atoms with Crippen LogP contribution in [0.15, 0.2) is 41.3 Å². The number of aromatic nitrogens is 2. The first-order valence-electron chi connectivity index (χ1n) is 15.2. The van der Waals surface area contributed by atoms with E-state index in [0.29, 0.717) is 29.8 Å². The van der Waals surface area contributed by atoms with Crippen LogP contribution < -0.4 is 10.2 Å². The van der Waals surface area contributed by atoms with Gasteiger partial charge in [-0.15, -0.1) is 0 Å². The van der Waals surface area contributed by atoms with Crippen LogP contribution in [0, 0.1) is 11.6 Å². The molecule has 6 rings (SSSR count). The molecule has 3 aliphatic heterocycles. The number of fused-ring (bicyclic) bond motifs is 1. The van der Waals surface area contributed by atoms with Crippen LogP contribution in [0.4, 0.5) is 20.5 Å². The zero-order chi connectivity index (χ0) is 31.1. The third kappa shape index (κ3) is 6.26. The van der Waals surface area contributed by atoms with E-state index in [1.54, 1.807) is 6.07 Å². The number of nitrogens with zero attached hydrogens (tertiary/aromatic N) is 5. The standard InChI is InChI=1S/C31H37Cl2F2N6O2S/c1-41(16-3-2-4-17-41)23-10-13-39(14-11-23)31-37-27-12-15-40(44(42,43)28-7-5-6-25(32)29(28)33)20-24(27)30(38-31)36-19-21-8-9-22(34)18-26(21)35/h5-9,18,23H,2-4,10-17,19-20H2,1H3,(H,36,37,38)/q+1. The van der Waals surface area contributed by atoms with E-state index in [2.05, 4.69) is 17.3 Å². The topological polar surface area (TPSA) is 78.4 Å². The molecule has 8 nitrogen and oxygen atoms in total. The molecular weight excluding hydrogens is 629 g/mol. The fourth-order valence-corrected chi connectivity index (χ4v) is 8.97. The number of hydrogen-bond donors (Lipinski definition) is 1. The largest absolute Gasteiger partial charge is 0.365 e. The molecular formula is C31H37Cl2F2N6O2S+. The number of likely N-dealkylation sites (tertiary alicyclic amines) is 1. The summed E-state index contributed by atoms with van der Waals surface area (Å²) in [6, 6.07) is 8.58. The first kappa shape index (κ1) is 31.4. The highest BCUT2D eigenvalue weighted by molar-refractivity contribution is 7.89. The molecule has 236 valence electrons. The minimum atomic E-state index is -3.99. The maximum absolute atomic E-state index is 14.5. The van der Waals surface area contributed by atoms with Crippen molar-refractivity contribution in [2.75, 3.05) is 50.0 Å². The van der Waals surface area contributed by atoms with E-state index in [1.165, 1.54) is 60.9 Å². The van der Waals surface area contributed by atoms with Gasteiger partial charge in [-0.05, 0) is 37.5 Å². The molecule has 0 saturated carbocycles. The van der Waals surface area contributed by atoms with Gasteiger partial charge in [-0.3, -0.25) is 0 Å². The number of nitrogens with one attached hydrogen (secondary N) is 1. The van der Waals surface area contributed by atoms with Crippen LogP contribution in [-0.2, 0) is 29.5 Å². The Kier molecular flexibility index (Phi) is 9.05. The summed E-state index contributed by atoms with van der Waals surface area (Å²) >= 11 is 12.4. The van der Waals surface area contributed by atoms with Crippen molar-refractivity contribution in [1.29, 1.82) is 0 Å². The van der Waals surface area contributed by atoms with Gasteiger partial charge >= 0.3 is 0 Å². The number of quaternary nitrogens is 1. The Labute approximate surface area is 267 Å². The van der Waals surface area contributed by atoms with Crippen molar-refractivity contribution in [3.63, 3.8) is 0 Å². The molecule has 2 aromatic carbocycles. The molecule has 13 heteroatoms. The second kappa shape index (κ2) is 12.7. The van der Waals surface area contributed by atoms with Crippen LogP contribution in [0.3, 0.4) is 0 Å². The predicted octanol–water partition coefficient (Wildman–Crippen LogP) is 6.02. The zero-order valence-electron chi connectivity index (χ0n) is 24.7. The van der Waals surface area contributed by atoms with Crippen molar-refractivity contribution in [1.82, 2.24) is 14.3 Å². The van der Waals surface area contributed by atoms with Crippen molar-refractivity contribution >= 4 is 45.0 Å². The first-order chi connectivity index (χ1) is 21.0. The molecule has 2 fully saturated rings. The van der Waals surface area contributed by atoms with Crippen molar-refractivity contribution in [2.45, 2.75) is 62.6 Å². The average Bonchev–Trinajstić information content (AvgIpc) is 3.02. The molecule has 0 aliphatic carbocycles. The predicted molar refractivity (Wildman–Crippen MR) is 168 cm³/mol. The SMILES string of the molecule is C[N+]1(C2CCN(c3nc4c(c(NCc5ccc(F)cc5F)n3)CN(S(=O)(=O)c3cccc(Cl)c3Cl)CC4)CC2)CCCCC1. The maximum atomic E-state index is 14.5. The maximum Gasteiger partial charge on any atom is 0.244 e. The summed E-state index contributed by atoms with van der Waals surface area (Å²) in [4.78, 5) is 11.9. The molecule has 44 heavy (non-hydrogen) atoms. The number of benzene rings is 2. The smallest absolute Gasteiger partial charge is 0.244 e. The van der Waals surface area contributed by atoms with E-state index in [0.717, 1.165) is 42.2 Å². The third-order valence-corrected chi connectivity index (χ3v) is 12.3. The summed E-state index contributed by atoms with van der Waals surface area (Å²) < 4.78 is 57.9. The zero-order valence-corrected chi connectivity index (χ0v) is 27.0. The van der Waals surface area contributed by atoms with Crippen LogP contribution in [0.25, 0.3) is 0 Å². The summed E-state index contributed by atoms with van der Waals surface area (Å²) in [5.74, 6) is -0.308. The lowest BCUT2D eigenvalue weighted by atomic mass is 9.97. The molecule has 1 N–H and O–H groups in total. The highest BCUT2D eigenvalue weighted by Gasteiger charge is 2.38. The van der Waals surface area contributed by atoms with Crippen molar-refractivity contribution < 1.29 is 21.7 Å². The number of sulfonamides is 1. The molecule has 0 amide bonds. The van der Waals surface area contributed by atoms with Gasteiger partial charge in [0.25, 0.3) is 0 Å².